The zero-order valence-corrected chi connectivity index (χ0v) is 16.2. The average molecular weight is 380 g/mol. The Labute approximate surface area is 161 Å². The van der Waals surface area contributed by atoms with Crippen molar-refractivity contribution >= 4 is 35.2 Å². The molecule has 0 bridgehead atoms. The average Bonchev–Trinajstić information content (AvgIpc) is 2.63. The van der Waals surface area contributed by atoms with E-state index in [0.29, 0.717) is 22.1 Å². The van der Waals surface area contributed by atoms with Gasteiger partial charge in [0.2, 0.25) is 5.91 Å². The van der Waals surface area contributed by atoms with E-state index in [-0.39, 0.29) is 5.91 Å². The summed E-state index contributed by atoms with van der Waals surface area (Å²) in [4.78, 5) is 15.3. The van der Waals surface area contributed by atoms with E-state index in [2.05, 4.69) is 4.90 Å². The van der Waals surface area contributed by atoms with Crippen LogP contribution in [0.4, 0.5) is 0 Å². The predicted octanol–water partition coefficient (Wildman–Crippen LogP) is 6.50. The zero-order chi connectivity index (χ0) is 17.6. The van der Waals surface area contributed by atoms with E-state index >= 15 is 0 Å². The molecule has 136 valence electrons. The van der Waals surface area contributed by atoms with Crippen LogP contribution in [0.1, 0.15) is 69.8 Å². The molecule has 0 radical (unpaired) electrons. The number of nitrogens with zero attached hydrogens (tertiary/aromatic N) is 1. The summed E-state index contributed by atoms with van der Waals surface area (Å²) in [5, 5.41) is 1.16. The van der Waals surface area contributed by atoms with Crippen LogP contribution < -0.4 is 0 Å². The highest BCUT2D eigenvalue weighted by molar-refractivity contribution is 6.37. The van der Waals surface area contributed by atoms with Gasteiger partial charge in [-0.2, -0.15) is 0 Å². The molecule has 0 atom stereocenters. The number of benzene rings is 1. The number of hydrogen-bond acceptors (Lipinski definition) is 1. The maximum absolute atomic E-state index is 13.1. The van der Waals surface area contributed by atoms with Gasteiger partial charge in [0.25, 0.3) is 0 Å². The van der Waals surface area contributed by atoms with E-state index in [4.69, 9.17) is 23.2 Å². The molecular weight excluding hydrogens is 353 g/mol. The fourth-order valence-electron chi connectivity index (χ4n) is 4.29. The Balaban J connectivity index is 1.79. The first-order valence-electron chi connectivity index (χ1n) is 9.61. The lowest BCUT2D eigenvalue weighted by atomic mass is 9.88. The number of rotatable bonds is 4. The molecule has 2 aliphatic rings. The van der Waals surface area contributed by atoms with E-state index in [1.54, 1.807) is 24.3 Å². The van der Waals surface area contributed by atoms with E-state index < -0.39 is 0 Å². The van der Waals surface area contributed by atoms with Gasteiger partial charge in [-0.15, -0.1) is 0 Å². The minimum absolute atomic E-state index is 0.120. The van der Waals surface area contributed by atoms with Crippen LogP contribution in [0.5, 0.6) is 0 Å². The van der Waals surface area contributed by atoms with Gasteiger partial charge in [-0.1, -0.05) is 67.8 Å². The molecule has 2 nitrogen and oxygen atoms in total. The van der Waals surface area contributed by atoms with Gasteiger partial charge < -0.3 is 4.90 Å². The molecule has 2 saturated carbocycles. The van der Waals surface area contributed by atoms with Gasteiger partial charge in [0.1, 0.15) is 0 Å². The summed E-state index contributed by atoms with van der Waals surface area (Å²) in [7, 11) is 0. The highest BCUT2D eigenvalue weighted by Gasteiger charge is 2.31. The molecule has 1 aromatic carbocycles. The molecule has 0 spiro atoms. The Morgan fingerprint density at radius 2 is 1.36 bits per heavy atom. The van der Waals surface area contributed by atoms with Gasteiger partial charge in [-0.25, -0.2) is 0 Å². The van der Waals surface area contributed by atoms with Crippen molar-refractivity contribution in [3.05, 3.63) is 39.9 Å². The second-order valence-electron chi connectivity index (χ2n) is 7.30. The number of carbonyl (C=O) groups is 1. The molecule has 2 aliphatic carbocycles. The summed E-state index contributed by atoms with van der Waals surface area (Å²) in [6.07, 6.45) is 15.6. The lowest BCUT2D eigenvalue weighted by Gasteiger charge is -2.41. The maximum atomic E-state index is 13.1. The normalized spacial score (nSPS) is 20.1. The summed E-state index contributed by atoms with van der Waals surface area (Å²) in [6.45, 7) is 0. The minimum Gasteiger partial charge on any atom is -0.333 e. The topological polar surface area (TPSA) is 20.3 Å². The third-order valence-electron chi connectivity index (χ3n) is 5.58. The van der Waals surface area contributed by atoms with Gasteiger partial charge in [0.05, 0.1) is 0 Å². The summed E-state index contributed by atoms with van der Waals surface area (Å²) in [5.41, 5.74) is 0.728. The lowest BCUT2D eigenvalue weighted by molar-refractivity contribution is -0.132. The standard InChI is InChI=1S/C21H27Cl2NO/c22-19-12-7-13-20(23)18(19)14-15-21(25)24(16-8-3-1-4-9-16)17-10-5-2-6-11-17/h7,12-17H,1-6,8-11H2. The Bertz CT molecular complexity index is 578. The van der Waals surface area contributed by atoms with Crippen molar-refractivity contribution < 1.29 is 4.79 Å². The molecule has 3 rings (SSSR count). The first kappa shape index (κ1) is 18.8. The molecule has 25 heavy (non-hydrogen) atoms. The molecule has 0 aliphatic heterocycles. The van der Waals surface area contributed by atoms with Crippen LogP contribution >= 0.6 is 23.2 Å². The van der Waals surface area contributed by atoms with Crippen molar-refractivity contribution in [3.8, 4) is 0 Å². The smallest absolute Gasteiger partial charge is 0.247 e. The Morgan fingerprint density at radius 1 is 0.880 bits per heavy atom. The summed E-state index contributed by atoms with van der Waals surface area (Å²) in [5.74, 6) is 0.120. The van der Waals surface area contributed by atoms with Crippen LogP contribution in [0.15, 0.2) is 24.3 Å². The van der Waals surface area contributed by atoms with Gasteiger partial charge in [0.15, 0.2) is 0 Å². The second-order valence-corrected chi connectivity index (χ2v) is 8.11. The van der Waals surface area contributed by atoms with Crippen molar-refractivity contribution in [2.24, 2.45) is 0 Å². The zero-order valence-electron chi connectivity index (χ0n) is 14.7. The fourth-order valence-corrected chi connectivity index (χ4v) is 4.81. The second kappa shape index (κ2) is 9.09. The highest BCUT2D eigenvalue weighted by atomic mass is 35.5. The maximum Gasteiger partial charge on any atom is 0.247 e. The van der Waals surface area contributed by atoms with Crippen molar-refractivity contribution in [1.29, 1.82) is 0 Å². The summed E-state index contributed by atoms with van der Waals surface area (Å²) in [6, 6.07) is 6.22. The Kier molecular flexibility index (Phi) is 6.84. The van der Waals surface area contributed by atoms with E-state index in [1.165, 1.54) is 38.5 Å². The molecule has 0 saturated heterocycles. The van der Waals surface area contributed by atoms with Crippen LogP contribution in [0.2, 0.25) is 10.0 Å². The van der Waals surface area contributed by atoms with Crippen molar-refractivity contribution in [2.45, 2.75) is 76.3 Å². The molecule has 1 aromatic rings. The first-order chi connectivity index (χ1) is 12.2. The van der Waals surface area contributed by atoms with Gasteiger partial charge >= 0.3 is 0 Å². The molecule has 0 unspecified atom stereocenters. The molecule has 0 heterocycles. The molecule has 0 aromatic heterocycles. The largest absolute Gasteiger partial charge is 0.333 e. The van der Waals surface area contributed by atoms with Crippen LogP contribution in [0, 0.1) is 0 Å². The Hall–Kier alpha value is -0.990. The van der Waals surface area contributed by atoms with Crippen molar-refractivity contribution in [2.75, 3.05) is 0 Å². The van der Waals surface area contributed by atoms with Crippen LogP contribution in [0.25, 0.3) is 6.08 Å². The van der Waals surface area contributed by atoms with Gasteiger partial charge in [-0.05, 0) is 43.9 Å². The predicted molar refractivity (Wildman–Crippen MR) is 106 cm³/mol. The lowest BCUT2D eigenvalue weighted by Crippen LogP contribution is -2.48. The molecule has 1 amide bonds. The van der Waals surface area contributed by atoms with Crippen molar-refractivity contribution in [1.82, 2.24) is 4.90 Å². The fraction of sp³-hybridized carbons (Fsp3) is 0.571. The molecule has 2 fully saturated rings. The highest BCUT2D eigenvalue weighted by Crippen LogP contribution is 2.31. The molecular formula is C21H27Cl2NO. The first-order valence-corrected chi connectivity index (χ1v) is 10.4. The number of carbonyl (C=O) groups excluding carboxylic acids is 1. The van der Waals surface area contributed by atoms with E-state index in [0.717, 1.165) is 31.2 Å². The van der Waals surface area contributed by atoms with Crippen LogP contribution in [-0.2, 0) is 4.79 Å². The minimum atomic E-state index is 0.120. The monoisotopic (exact) mass is 379 g/mol. The number of hydrogen-bond donors (Lipinski definition) is 0. The van der Waals surface area contributed by atoms with Crippen LogP contribution in [-0.4, -0.2) is 22.9 Å². The van der Waals surface area contributed by atoms with Gasteiger partial charge in [-0.3, -0.25) is 4.79 Å². The SMILES string of the molecule is O=C(C=Cc1c(Cl)cccc1Cl)N(C1CCCCC1)C1CCCCC1. The molecule has 0 N–H and O–H groups in total. The number of amides is 1. The quantitative estimate of drug-likeness (QED) is 0.546. The third kappa shape index (κ3) is 4.80. The van der Waals surface area contributed by atoms with E-state index in [9.17, 15) is 4.79 Å². The van der Waals surface area contributed by atoms with Crippen LogP contribution in [0.3, 0.4) is 0 Å². The number of halogens is 2. The van der Waals surface area contributed by atoms with Crippen molar-refractivity contribution in [3.63, 3.8) is 0 Å². The summed E-state index contributed by atoms with van der Waals surface area (Å²) >= 11 is 12.5. The Morgan fingerprint density at radius 3 is 1.84 bits per heavy atom. The summed E-state index contributed by atoms with van der Waals surface area (Å²) < 4.78 is 0. The van der Waals surface area contributed by atoms with E-state index in [1.807, 2.05) is 6.07 Å². The van der Waals surface area contributed by atoms with Gasteiger partial charge in [0, 0.05) is 33.8 Å². The third-order valence-corrected chi connectivity index (χ3v) is 6.24. The molecule has 4 heteroatoms.